The van der Waals surface area contributed by atoms with Gasteiger partial charge in [-0.25, -0.2) is 0 Å². The van der Waals surface area contributed by atoms with Gasteiger partial charge in [0, 0.05) is 0 Å². The standard InChI is InChI=1S/C14H13N3O5S/c15-11(18)6-17-13(20)10(23-14(17)21)5-8-1-3-9(4-2-8)22-7-12(16)19/h1-5H,6-7H2,(H2,15,18)(H2,16,19)/b10-5-. The predicted molar refractivity (Wildman–Crippen MR) is 83.0 cm³/mol. The molecule has 1 aliphatic heterocycles. The Morgan fingerprint density at radius 3 is 2.35 bits per heavy atom. The number of carbonyl (C=O) groups excluding carboxylic acids is 4. The summed E-state index contributed by atoms with van der Waals surface area (Å²) in [6.07, 6.45) is 1.52. The Morgan fingerprint density at radius 1 is 1.13 bits per heavy atom. The molecule has 0 unspecified atom stereocenters. The van der Waals surface area contributed by atoms with Crippen molar-refractivity contribution >= 4 is 40.8 Å². The van der Waals surface area contributed by atoms with Gasteiger partial charge in [-0.2, -0.15) is 0 Å². The monoisotopic (exact) mass is 335 g/mol. The van der Waals surface area contributed by atoms with E-state index in [0.29, 0.717) is 11.3 Å². The molecule has 1 aromatic rings. The van der Waals surface area contributed by atoms with Crippen LogP contribution in [-0.4, -0.2) is 41.0 Å². The molecular weight excluding hydrogens is 322 g/mol. The summed E-state index contributed by atoms with van der Waals surface area (Å²) < 4.78 is 5.11. The van der Waals surface area contributed by atoms with Gasteiger partial charge in [0.15, 0.2) is 6.61 Å². The van der Waals surface area contributed by atoms with Gasteiger partial charge in [-0.15, -0.1) is 0 Å². The number of thioether (sulfide) groups is 1. The topological polar surface area (TPSA) is 133 Å². The summed E-state index contributed by atoms with van der Waals surface area (Å²) in [4.78, 5) is 46.2. The third-order valence-corrected chi connectivity index (χ3v) is 3.65. The number of rotatable bonds is 6. The molecule has 1 fully saturated rings. The highest BCUT2D eigenvalue weighted by Crippen LogP contribution is 2.32. The van der Waals surface area contributed by atoms with E-state index in [9.17, 15) is 19.2 Å². The van der Waals surface area contributed by atoms with Crippen LogP contribution in [-0.2, 0) is 14.4 Å². The number of hydrogen-bond donors (Lipinski definition) is 2. The average Bonchev–Trinajstić information content (AvgIpc) is 2.74. The van der Waals surface area contributed by atoms with E-state index >= 15 is 0 Å². The molecule has 2 rings (SSSR count). The summed E-state index contributed by atoms with van der Waals surface area (Å²) in [6, 6.07) is 6.50. The van der Waals surface area contributed by atoms with Crippen LogP contribution in [0, 0.1) is 0 Å². The van der Waals surface area contributed by atoms with Crippen molar-refractivity contribution in [1.82, 2.24) is 4.90 Å². The van der Waals surface area contributed by atoms with Gasteiger partial charge >= 0.3 is 0 Å². The van der Waals surface area contributed by atoms with E-state index in [1.807, 2.05) is 0 Å². The van der Waals surface area contributed by atoms with E-state index in [0.717, 1.165) is 16.7 Å². The molecule has 0 bridgehead atoms. The second-order valence-electron chi connectivity index (χ2n) is 4.56. The summed E-state index contributed by atoms with van der Waals surface area (Å²) in [5.74, 6) is -1.46. The summed E-state index contributed by atoms with van der Waals surface area (Å²) in [6.45, 7) is -0.673. The molecule has 0 atom stereocenters. The van der Waals surface area contributed by atoms with Crippen molar-refractivity contribution in [2.45, 2.75) is 0 Å². The number of nitrogens with two attached hydrogens (primary N) is 2. The highest BCUT2D eigenvalue weighted by Gasteiger charge is 2.35. The van der Waals surface area contributed by atoms with Gasteiger partial charge in [0.1, 0.15) is 12.3 Å². The quantitative estimate of drug-likeness (QED) is 0.707. The molecule has 4 amide bonds. The minimum atomic E-state index is -0.760. The third-order valence-electron chi connectivity index (χ3n) is 2.75. The van der Waals surface area contributed by atoms with Crippen LogP contribution in [0.4, 0.5) is 4.79 Å². The molecule has 9 heteroatoms. The van der Waals surface area contributed by atoms with Crippen molar-refractivity contribution in [3.63, 3.8) is 0 Å². The van der Waals surface area contributed by atoms with Crippen LogP contribution < -0.4 is 16.2 Å². The Morgan fingerprint density at radius 2 is 1.78 bits per heavy atom. The van der Waals surface area contributed by atoms with E-state index in [2.05, 4.69) is 0 Å². The highest BCUT2D eigenvalue weighted by atomic mass is 32.2. The minimum absolute atomic E-state index is 0.196. The number of hydrogen-bond acceptors (Lipinski definition) is 6. The van der Waals surface area contributed by atoms with Gasteiger partial charge in [0.25, 0.3) is 17.1 Å². The maximum atomic E-state index is 12.0. The lowest BCUT2D eigenvalue weighted by Gasteiger charge is -2.08. The Bertz CT molecular complexity index is 699. The third kappa shape index (κ3) is 4.33. The molecule has 0 aliphatic carbocycles. The van der Waals surface area contributed by atoms with E-state index < -0.39 is 29.5 Å². The first kappa shape index (κ1) is 16.6. The number of primary amides is 2. The molecule has 0 radical (unpaired) electrons. The van der Waals surface area contributed by atoms with Crippen LogP contribution in [0.15, 0.2) is 29.2 Å². The second kappa shape index (κ2) is 6.97. The molecule has 1 aromatic carbocycles. The number of nitrogens with zero attached hydrogens (tertiary/aromatic N) is 1. The first-order chi connectivity index (χ1) is 10.9. The second-order valence-corrected chi connectivity index (χ2v) is 5.55. The number of benzene rings is 1. The van der Waals surface area contributed by atoms with Crippen molar-refractivity contribution in [3.8, 4) is 5.75 Å². The van der Waals surface area contributed by atoms with Crippen LogP contribution in [0.2, 0.25) is 0 Å². The van der Waals surface area contributed by atoms with Crippen molar-refractivity contribution < 1.29 is 23.9 Å². The molecule has 0 spiro atoms. The highest BCUT2D eigenvalue weighted by molar-refractivity contribution is 8.18. The molecule has 1 heterocycles. The van der Waals surface area contributed by atoms with Crippen LogP contribution >= 0.6 is 11.8 Å². The lowest BCUT2D eigenvalue weighted by molar-refractivity contribution is -0.127. The van der Waals surface area contributed by atoms with E-state index in [4.69, 9.17) is 16.2 Å². The average molecular weight is 335 g/mol. The van der Waals surface area contributed by atoms with Gasteiger partial charge in [-0.05, 0) is 35.5 Å². The van der Waals surface area contributed by atoms with Crippen LogP contribution in [0.25, 0.3) is 6.08 Å². The van der Waals surface area contributed by atoms with E-state index in [-0.39, 0.29) is 11.5 Å². The lowest BCUT2D eigenvalue weighted by Crippen LogP contribution is -2.36. The van der Waals surface area contributed by atoms with E-state index in [1.54, 1.807) is 24.3 Å². The zero-order valence-corrected chi connectivity index (χ0v) is 12.7. The zero-order valence-electron chi connectivity index (χ0n) is 11.9. The van der Waals surface area contributed by atoms with Crippen molar-refractivity contribution in [2.24, 2.45) is 11.5 Å². The Balaban J connectivity index is 2.09. The van der Waals surface area contributed by atoms with Crippen LogP contribution in [0.5, 0.6) is 5.75 Å². The zero-order chi connectivity index (χ0) is 17.0. The number of imide groups is 1. The lowest BCUT2D eigenvalue weighted by atomic mass is 10.2. The summed E-state index contributed by atoms with van der Waals surface area (Å²) >= 11 is 0.735. The smallest absolute Gasteiger partial charge is 0.294 e. The van der Waals surface area contributed by atoms with Gasteiger partial charge in [0.05, 0.1) is 4.91 Å². The molecular formula is C14H13N3O5S. The molecule has 8 nitrogen and oxygen atoms in total. The number of amides is 4. The fourth-order valence-electron chi connectivity index (χ4n) is 1.76. The van der Waals surface area contributed by atoms with Crippen LogP contribution in [0.1, 0.15) is 5.56 Å². The summed E-state index contributed by atoms with van der Waals surface area (Å²) in [5, 5.41) is -0.540. The maximum absolute atomic E-state index is 12.0. The van der Waals surface area contributed by atoms with Gasteiger partial charge in [0.2, 0.25) is 5.91 Å². The van der Waals surface area contributed by atoms with E-state index in [1.165, 1.54) is 6.08 Å². The predicted octanol–water partition coefficient (Wildman–Crippen LogP) is 0.0723. The molecule has 0 saturated carbocycles. The molecule has 0 aromatic heterocycles. The largest absolute Gasteiger partial charge is 0.484 e. The summed E-state index contributed by atoms with van der Waals surface area (Å²) in [5.41, 5.74) is 10.6. The maximum Gasteiger partial charge on any atom is 0.294 e. The molecule has 4 N–H and O–H groups in total. The fourth-order valence-corrected chi connectivity index (χ4v) is 2.60. The van der Waals surface area contributed by atoms with Gasteiger partial charge in [-0.3, -0.25) is 24.1 Å². The number of ether oxygens (including phenoxy) is 1. The molecule has 23 heavy (non-hydrogen) atoms. The number of carbonyl (C=O) groups is 4. The van der Waals surface area contributed by atoms with Crippen molar-refractivity contribution in [3.05, 3.63) is 34.7 Å². The minimum Gasteiger partial charge on any atom is -0.484 e. The van der Waals surface area contributed by atoms with Gasteiger partial charge in [-0.1, -0.05) is 12.1 Å². The first-order valence-electron chi connectivity index (χ1n) is 6.41. The summed E-state index contributed by atoms with van der Waals surface area (Å²) in [7, 11) is 0. The first-order valence-corrected chi connectivity index (χ1v) is 7.23. The van der Waals surface area contributed by atoms with Gasteiger partial charge < -0.3 is 16.2 Å². The fraction of sp³-hybridized carbons (Fsp3) is 0.143. The Kier molecular flexibility index (Phi) is 5.02. The Hall–Kier alpha value is -2.81. The SMILES string of the molecule is NC(=O)COc1ccc(/C=C2\SC(=O)N(CC(N)=O)C2=O)cc1. The molecule has 1 aliphatic rings. The Labute approximate surface area is 135 Å². The van der Waals surface area contributed by atoms with Crippen molar-refractivity contribution in [1.29, 1.82) is 0 Å². The van der Waals surface area contributed by atoms with Crippen LogP contribution in [0.3, 0.4) is 0 Å². The normalized spacial score (nSPS) is 16.0. The van der Waals surface area contributed by atoms with Crippen molar-refractivity contribution in [2.75, 3.05) is 13.2 Å². The molecule has 120 valence electrons. The molecule has 1 saturated heterocycles.